The molecule has 10 aromatic rings. The summed E-state index contributed by atoms with van der Waals surface area (Å²) in [6, 6.07) is 88.2. The first-order valence-corrected chi connectivity index (χ1v) is 23.1. The number of rotatable bonds is 7. The van der Waals surface area contributed by atoms with Crippen molar-refractivity contribution < 1.29 is 0 Å². The van der Waals surface area contributed by atoms with E-state index in [2.05, 4.69) is 252 Å². The van der Waals surface area contributed by atoms with E-state index in [1.165, 1.54) is 83.0 Å². The standard InChI is InChI=1S/C63H46N2/c1-3-21-47(22-4-1)63(57-29-13-11-27-53(57)54-28-12-14-30-58(54)63)48-36-40-62-56(42-48)55-41-46(35-39-61(55)64(62)49-23-5-2-6-24-49)43-33-37-50(38-34-43)65(59-31-15-19-44-17-7-9-25-51(44)59)60-32-16-20-45-18-8-10-26-52(45)60/h1-35,37-39,41-42,56,62H,36,40H2. The van der Waals surface area contributed by atoms with Crippen LogP contribution in [0, 0.1) is 0 Å². The zero-order chi connectivity index (χ0) is 42.9. The van der Waals surface area contributed by atoms with Crippen molar-refractivity contribution in [2.75, 3.05) is 9.80 Å². The van der Waals surface area contributed by atoms with Gasteiger partial charge < -0.3 is 9.80 Å². The number of benzene rings is 10. The summed E-state index contributed by atoms with van der Waals surface area (Å²) in [5, 5.41) is 4.90. The van der Waals surface area contributed by atoms with Crippen LogP contribution in [0.1, 0.15) is 41.0 Å². The van der Waals surface area contributed by atoms with Crippen molar-refractivity contribution >= 4 is 50.0 Å². The second-order valence-corrected chi connectivity index (χ2v) is 17.9. The van der Waals surface area contributed by atoms with Crippen LogP contribution in [-0.4, -0.2) is 6.04 Å². The minimum absolute atomic E-state index is 0.210. The van der Waals surface area contributed by atoms with Crippen LogP contribution in [0.25, 0.3) is 43.8 Å². The molecule has 0 N–H and O–H groups in total. The molecular formula is C63H46N2. The third-order valence-electron chi connectivity index (χ3n) is 14.6. The number of allylic oxidation sites excluding steroid dienone is 1. The van der Waals surface area contributed by atoms with Gasteiger partial charge in [0.2, 0.25) is 0 Å². The Kier molecular flexibility index (Phi) is 8.74. The van der Waals surface area contributed by atoms with Gasteiger partial charge in [-0.15, -0.1) is 0 Å². The molecule has 0 saturated carbocycles. The van der Waals surface area contributed by atoms with Crippen molar-refractivity contribution in [3.8, 4) is 22.3 Å². The summed E-state index contributed by atoms with van der Waals surface area (Å²) >= 11 is 0. The van der Waals surface area contributed by atoms with Crippen molar-refractivity contribution in [3.63, 3.8) is 0 Å². The van der Waals surface area contributed by atoms with Gasteiger partial charge in [-0.25, -0.2) is 0 Å². The fraction of sp³-hybridized carbons (Fsp3) is 0.0794. The van der Waals surface area contributed by atoms with Crippen LogP contribution < -0.4 is 9.80 Å². The molecule has 0 fully saturated rings. The molecule has 3 aliphatic rings. The summed E-state index contributed by atoms with van der Waals surface area (Å²) in [7, 11) is 0. The molecule has 2 unspecified atom stereocenters. The van der Waals surface area contributed by atoms with Crippen LogP contribution in [-0.2, 0) is 5.41 Å². The highest BCUT2D eigenvalue weighted by atomic mass is 15.2. The quantitative estimate of drug-likeness (QED) is 0.148. The molecule has 2 nitrogen and oxygen atoms in total. The first-order chi connectivity index (χ1) is 32.3. The van der Waals surface area contributed by atoms with Gasteiger partial charge in [-0.1, -0.05) is 200 Å². The molecule has 1 aliphatic heterocycles. The fourth-order valence-electron chi connectivity index (χ4n) is 11.9. The molecule has 308 valence electrons. The zero-order valence-electron chi connectivity index (χ0n) is 36.1. The van der Waals surface area contributed by atoms with E-state index in [4.69, 9.17) is 0 Å². The number of hydrogen-bond donors (Lipinski definition) is 0. The van der Waals surface area contributed by atoms with Gasteiger partial charge in [0.25, 0.3) is 0 Å². The van der Waals surface area contributed by atoms with Crippen molar-refractivity contribution in [1.29, 1.82) is 0 Å². The molecule has 0 radical (unpaired) electrons. The Morgan fingerprint density at radius 3 is 1.65 bits per heavy atom. The number of hydrogen-bond acceptors (Lipinski definition) is 2. The molecule has 0 bridgehead atoms. The summed E-state index contributed by atoms with van der Waals surface area (Å²) in [4.78, 5) is 5.08. The highest BCUT2D eigenvalue weighted by Gasteiger charge is 2.50. The first-order valence-electron chi connectivity index (χ1n) is 23.1. The molecular weight excluding hydrogens is 785 g/mol. The van der Waals surface area contributed by atoms with Gasteiger partial charge in [0.15, 0.2) is 0 Å². The molecule has 65 heavy (non-hydrogen) atoms. The van der Waals surface area contributed by atoms with Gasteiger partial charge in [0.1, 0.15) is 0 Å². The second kappa shape index (κ2) is 15.1. The van der Waals surface area contributed by atoms with Crippen molar-refractivity contribution in [3.05, 3.63) is 270 Å². The summed E-state index contributed by atoms with van der Waals surface area (Å²) in [6.45, 7) is 0. The molecule has 1 heterocycles. The normalized spacial score (nSPS) is 16.7. The van der Waals surface area contributed by atoms with Crippen molar-refractivity contribution in [1.82, 2.24) is 0 Å². The molecule has 10 aromatic carbocycles. The molecule has 0 saturated heterocycles. The molecule has 0 amide bonds. The Labute approximate surface area is 381 Å². The number of para-hydroxylation sites is 1. The zero-order valence-corrected chi connectivity index (χ0v) is 36.1. The Bertz CT molecular complexity index is 3320. The van der Waals surface area contributed by atoms with Crippen LogP contribution in [0.15, 0.2) is 248 Å². The van der Waals surface area contributed by atoms with Gasteiger partial charge in [-0.2, -0.15) is 0 Å². The number of nitrogens with zero attached hydrogens (tertiary/aromatic N) is 2. The predicted molar refractivity (Wildman–Crippen MR) is 272 cm³/mol. The van der Waals surface area contributed by atoms with Crippen LogP contribution in [0.4, 0.5) is 28.4 Å². The summed E-state index contributed by atoms with van der Waals surface area (Å²) in [6.07, 6.45) is 4.76. The highest BCUT2D eigenvalue weighted by molar-refractivity contribution is 6.05. The van der Waals surface area contributed by atoms with Gasteiger partial charge >= 0.3 is 0 Å². The van der Waals surface area contributed by atoms with E-state index < -0.39 is 0 Å². The van der Waals surface area contributed by atoms with Crippen LogP contribution in [0.5, 0.6) is 0 Å². The topological polar surface area (TPSA) is 6.48 Å². The lowest BCUT2D eigenvalue weighted by molar-refractivity contribution is 0.519. The van der Waals surface area contributed by atoms with E-state index in [0.29, 0.717) is 6.04 Å². The maximum atomic E-state index is 2.70. The van der Waals surface area contributed by atoms with E-state index in [-0.39, 0.29) is 11.3 Å². The smallest absolute Gasteiger partial charge is 0.0673 e. The van der Waals surface area contributed by atoms with E-state index in [0.717, 1.165) is 29.9 Å². The number of anilines is 5. The molecule has 0 spiro atoms. The van der Waals surface area contributed by atoms with Gasteiger partial charge in [0.05, 0.1) is 16.8 Å². The first kappa shape index (κ1) is 37.6. The van der Waals surface area contributed by atoms with E-state index in [1.54, 1.807) is 0 Å². The SMILES string of the molecule is C1=C(C2(c3ccccc3)c3ccccc3-c3ccccc32)CCC2C1c1cc(-c3ccc(N(c4cccc5ccccc45)c4cccc5ccccc45)cc3)ccc1N2c1ccccc1. The summed E-state index contributed by atoms with van der Waals surface area (Å²) in [5.41, 5.74) is 17.8. The summed E-state index contributed by atoms with van der Waals surface area (Å²) in [5.74, 6) is 0.210. The van der Waals surface area contributed by atoms with Crippen molar-refractivity contribution in [2.45, 2.75) is 30.2 Å². The minimum Gasteiger partial charge on any atom is -0.337 e. The maximum Gasteiger partial charge on any atom is 0.0673 e. The van der Waals surface area contributed by atoms with E-state index >= 15 is 0 Å². The van der Waals surface area contributed by atoms with Crippen LogP contribution >= 0.6 is 0 Å². The molecule has 2 atom stereocenters. The number of fused-ring (bicyclic) bond motifs is 8. The molecule has 0 aromatic heterocycles. The third kappa shape index (κ3) is 5.80. The van der Waals surface area contributed by atoms with E-state index in [1.807, 2.05) is 0 Å². The minimum atomic E-state index is -0.368. The fourth-order valence-corrected chi connectivity index (χ4v) is 11.9. The maximum absolute atomic E-state index is 2.70. The Morgan fingerprint density at radius 2 is 1.00 bits per heavy atom. The summed E-state index contributed by atoms with van der Waals surface area (Å²) < 4.78 is 0. The lowest BCUT2D eigenvalue weighted by atomic mass is 9.63. The van der Waals surface area contributed by atoms with Crippen molar-refractivity contribution in [2.24, 2.45) is 0 Å². The lowest BCUT2D eigenvalue weighted by Crippen LogP contribution is -2.37. The van der Waals surface area contributed by atoms with E-state index in [9.17, 15) is 0 Å². The van der Waals surface area contributed by atoms with Crippen LogP contribution in [0.2, 0.25) is 0 Å². The molecule has 2 heteroatoms. The van der Waals surface area contributed by atoms with Gasteiger partial charge in [-0.3, -0.25) is 0 Å². The Morgan fingerprint density at radius 1 is 0.462 bits per heavy atom. The second-order valence-electron chi connectivity index (χ2n) is 17.9. The lowest BCUT2D eigenvalue weighted by Gasteiger charge is -2.41. The average Bonchev–Trinajstić information content (AvgIpc) is 3.87. The third-order valence-corrected chi connectivity index (χ3v) is 14.6. The van der Waals surface area contributed by atoms with Crippen LogP contribution in [0.3, 0.4) is 0 Å². The monoisotopic (exact) mass is 830 g/mol. The van der Waals surface area contributed by atoms with Gasteiger partial charge in [0, 0.05) is 39.8 Å². The average molecular weight is 831 g/mol. The molecule has 13 rings (SSSR count). The predicted octanol–water partition coefficient (Wildman–Crippen LogP) is 16.5. The largest absolute Gasteiger partial charge is 0.337 e. The Hall–Kier alpha value is -7.94. The Balaban J connectivity index is 0.955. The molecule has 2 aliphatic carbocycles. The highest BCUT2D eigenvalue weighted by Crippen LogP contribution is 2.60. The van der Waals surface area contributed by atoms with Gasteiger partial charge in [-0.05, 0) is 117 Å².